The van der Waals surface area contributed by atoms with Crippen LogP contribution < -0.4 is 4.74 Å². The zero-order chi connectivity index (χ0) is 13.9. The second-order valence-electron chi connectivity index (χ2n) is 5.09. The third-order valence-corrected chi connectivity index (χ3v) is 4.69. The highest BCUT2D eigenvalue weighted by molar-refractivity contribution is 8.13. The van der Waals surface area contributed by atoms with E-state index in [1.54, 1.807) is 7.11 Å². The average molecular weight is 303 g/mol. The minimum absolute atomic E-state index is 0.182. The summed E-state index contributed by atoms with van der Waals surface area (Å²) < 4.78 is 27.7. The van der Waals surface area contributed by atoms with E-state index in [0.29, 0.717) is 17.2 Å². The van der Waals surface area contributed by atoms with E-state index in [1.807, 2.05) is 18.2 Å². The second-order valence-corrected chi connectivity index (χ2v) is 7.87. The van der Waals surface area contributed by atoms with E-state index >= 15 is 0 Å². The number of methoxy groups -OCH3 is 1. The van der Waals surface area contributed by atoms with Gasteiger partial charge in [-0.3, -0.25) is 0 Å². The van der Waals surface area contributed by atoms with Crippen LogP contribution in [0.4, 0.5) is 0 Å². The van der Waals surface area contributed by atoms with Gasteiger partial charge in [-0.25, -0.2) is 8.42 Å². The molecule has 0 unspecified atom stereocenters. The largest absolute Gasteiger partial charge is 0.496 e. The lowest BCUT2D eigenvalue weighted by Gasteiger charge is -2.23. The Morgan fingerprint density at radius 1 is 1.26 bits per heavy atom. The van der Waals surface area contributed by atoms with Crippen molar-refractivity contribution in [3.8, 4) is 5.75 Å². The normalized spacial score (nSPS) is 17.4. The molecule has 1 aliphatic carbocycles. The first kappa shape index (κ1) is 14.7. The molecule has 0 aromatic heterocycles. The van der Waals surface area contributed by atoms with Crippen LogP contribution in [0.15, 0.2) is 18.2 Å². The molecule has 0 radical (unpaired) electrons. The molecule has 1 aliphatic rings. The van der Waals surface area contributed by atoms with Gasteiger partial charge < -0.3 is 4.74 Å². The number of halogens is 1. The lowest BCUT2D eigenvalue weighted by molar-refractivity contribution is 0.409. The van der Waals surface area contributed by atoms with Gasteiger partial charge in [0.2, 0.25) is 9.05 Å². The van der Waals surface area contributed by atoms with Crippen molar-refractivity contribution in [1.82, 2.24) is 0 Å². The highest BCUT2D eigenvalue weighted by Crippen LogP contribution is 2.35. The predicted octanol–water partition coefficient (Wildman–Crippen LogP) is 3.81. The summed E-state index contributed by atoms with van der Waals surface area (Å²) in [6, 6.07) is 5.83. The Hall–Kier alpha value is -0.740. The molecule has 19 heavy (non-hydrogen) atoms. The Kier molecular flexibility index (Phi) is 4.74. The van der Waals surface area contributed by atoms with E-state index < -0.39 is 9.05 Å². The van der Waals surface area contributed by atoms with Crippen LogP contribution in [-0.4, -0.2) is 15.5 Å². The van der Waals surface area contributed by atoms with E-state index in [9.17, 15) is 8.42 Å². The van der Waals surface area contributed by atoms with Crippen molar-refractivity contribution in [1.29, 1.82) is 0 Å². The maximum atomic E-state index is 11.3. The first-order chi connectivity index (χ1) is 8.99. The smallest absolute Gasteiger partial charge is 0.236 e. The Balaban J connectivity index is 2.29. The summed E-state index contributed by atoms with van der Waals surface area (Å²) in [6.45, 7) is 0. The van der Waals surface area contributed by atoms with Crippen LogP contribution in [0.25, 0.3) is 0 Å². The fraction of sp³-hybridized carbons (Fsp3) is 0.571. The molecule has 0 spiro atoms. The number of ether oxygens (including phenoxy) is 1. The standard InChI is InChI=1S/C14H19ClO3S/c1-18-14-8-7-12(11-5-3-2-4-6-11)9-13(14)10-19(15,16)17/h7-9,11H,2-6,10H2,1H3. The molecule has 0 aliphatic heterocycles. The number of rotatable bonds is 4. The summed E-state index contributed by atoms with van der Waals surface area (Å²) in [4.78, 5) is 0. The molecule has 0 N–H and O–H groups in total. The summed E-state index contributed by atoms with van der Waals surface area (Å²) in [5.74, 6) is 0.943. The van der Waals surface area contributed by atoms with Crippen LogP contribution in [-0.2, 0) is 14.8 Å². The Morgan fingerprint density at radius 2 is 1.95 bits per heavy atom. The van der Waals surface area contributed by atoms with Crippen molar-refractivity contribution < 1.29 is 13.2 Å². The lowest BCUT2D eigenvalue weighted by Crippen LogP contribution is -2.06. The topological polar surface area (TPSA) is 43.4 Å². The minimum Gasteiger partial charge on any atom is -0.496 e. The summed E-state index contributed by atoms with van der Waals surface area (Å²) in [6.07, 6.45) is 6.16. The first-order valence-corrected chi connectivity index (χ1v) is 9.06. The van der Waals surface area contributed by atoms with E-state index in [1.165, 1.54) is 37.7 Å². The molecule has 2 rings (SSSR count). The molecular formula is C14H19ClO3S. The van der Waals surface area contributed by atoms with Gasteiger partial charge in [0.25, 0.3) is 0 Å². The van der Waals surface area contributed by atoms with E-state index in [0.717, 1.165) is 0 Å². The molecule has 1 aromatic carbocycles. The van der Waals surface area contributed by atoms with Crippen molar-refractivity contribution in [2.75, 3.05) is 7.11 Å². The number of hydrogen-bond acceptors (Lipinski definition) is 3. The van der Waals surface area contributed by atoms with Gasteiger partial charge in [-0.1, -0.05) is 31.4 Å². The van der Waals surface area contributed by atoms with Crippen molar-refractivity contribution in [2.45, 2.75) is 43.8 Å². The zero-order valence-corrected chi connectivity index (χ0v) is 12.6. The summed E-state index contributed by atoms with van der Waals surface area (Å²) >= 11 is 0. The van der Waals surface area contributed by atoms with Crippen LogP contribution in [0.3, 0.4) is 0 Å². The molecule has 0 saturated heterocycles. The molecule has 1 aromatic rings. The lowest BCUT2D eigenvalue weighted by atomic mass is 9.83. The van der Waals surface area contributed by atoms with Crippen LogP contribution in [0.5, 0.6) is 5.75 Å². The van der Waals surface area contributed by atoms with Gasteiger partial charge in [-0.15, -0.1) is 0 Å². The number of benzene rings is 1. The van der Waals surface area contributed by atoms with Crippen molar-refractivity contribution in [3.05, 3.63) is 29.3 Å². The van der Waals surface area contributed by atoms with Gasteiger partial charge in [0.05, 0.1) is 12.9 Å². The van der Waals surface area contributed by atoms with Gasteiger partial charge in [0.15, 0.2) is 0 Å². The average Bonchev–Trinajstić information content (AvgIpc) is 2.38. The van der Waals surface area contributed by atoms with E-state index in [-0.39, 0.29) is 5.75 Å². The molecule has 0 bridgehead atoms. The molecule has 106 valence electrons. The maximum Gasteiger partial charge on any atom is 0.236 e. The summed E-state index contributed by atoms with van der Waals surface area (Å²) in [7, 11) is 3.33. The van der Waals surface area contributed by atoms with E-state index in [2.05, 4.69) is 0 Å². The highest BCUT2D eigenvalue weighted by Gasteiger charge is 2.18. The quantitative estimate of drug-likeness (QED) is 0.794. The molecule has 5 heteroatoms. The SMILES string of the molecule is COc1ccc(C2CCCCC2)cc1CS(=O)(=O)Cl. The van der Waals surface area contributed by atoms with Gasteiger partial charge in [-0.2, -0.15) is 0 Å². The van der Waals surface area contributed by atoms with Crippen LogP contribution in [0.1, 0.15) is 49.1 Å². The van der Waals surface area contributed by atoms with Gasteiger partial charge >= 0.3 is 0 Å². The van der Waals surface area contributed by atoms with Gasteiger partial charge in [0.1, 0.15) is 5.75 Å². The molecule has 1 fully saturated rings. The Labute approximate surface area is 119 Å². The monoisotopic (exact) mass is 302 g/mol. The molecule has 0 heterocycles. The first-order valence-electron chi connectivity index (χ1n) is 6.59. The zero-order valence-electron chi connectivity index (χ0n) is 11.1. The van der Waals surface area contributed by atoms with Crippen molar-refractivity contribution in [2.24, 2.45) is 0 Å². The molecule has 3 nitrogen and oxygen atoms in total. The predicted molar refractivity (Wildman–Crippen MR) is 77.3 cm³/mol. The number of hydrogen-bond donors (Lipinski definition) is 0. The highest BCUT2D eigenvalue weighted by atomic mass is 35.7. The Bertz CT molecular complexity index is 534. The van der Waals surface area contributed by atoms with Crippen molar-refractivity contribution in [3.63, 3.8) is 0 Å². The third kappa shape index (κ3) is 4.11. The fourth-order valence-electron chi connectivity index (χ4n) is 2.79. The second kappa shape index (κ2) is 6.14. The molecule has 1 saturated carbocycles. The molecule has 0 atom stereocenters. The van der Waals surface area contributed by atoms with Crippen molar-refractivity contribution >= 4 is 19.7 Å². The third-order valence-electron chi connectivity index (χ3n) is 3.71. The van der Waals surface area contributed by atoms with E-state index in [4.69, 9.17) is 15.4 Å². The Morgan fingerprint density at radius 3 is 2.53 bits per heavy atom. The fourth-order valence-corrected chi connectivity index (χ4v) is 3.74. The molecule has 0 amide bonds. The molecular weight excluding hydrogens is 284 g/mol. The van der Waals surface area contributed by atoms with Crippen LogP contribution in [0, 0.1) is 0 Å². The van der Waals surface area contributed by atoms with Gasteiger partial charge in [-0.05, 0) is 30.4 Å². The summed E-state index contributed by atoms with van der Waals surface area (Å²) in [5, 5.41) is 0. The maximum absolute atomic E-state index is 11.3. The van der Waals surface area contributed by atoms with Gasteiger partial charge in [0, 0.05) is 16.2 Å². The summed E-state index contributed by atoms with van der Waals surface area (Å²) in [5.41, 5.74) is 1.86. The minimum atomic E-state index is -3.57. The van der Waals surface area contributed by atoms with Crippen LogP contribution >= 0.6 is 10.7 Å². The van der Waals surface area contributed by atoms with Crippen LogP contribution in [0.2, 0.25) is 0 Å².